The third-order valence-electron chi connectivity index (χ3n) is 4.69. The second-order valence-corrected chi connectivity index (χ2v) is 6.27. The molecule has 7 heteroatoms. The molecular weight excluding hydrogens is 330 g/mol. The fourth-order valence-electron chi connectivity index (χ4n) is 3.35. The molecule has 1 fully saturated rings. The van der Waals surface area contributed by atoms with Gasteiger partial charge >= 0.3 is 0 Å². The van der Waals surface area contributed by atoms with E-state index in [1.165, 1.54) is 0 Å². The van der Waals surface area contributed by atoms with Gasteiger partial charge in [0.1, 0.15) is 5.52 Å². The number of nitrogens with one attached hydrogen (secondary N) is 1. The first kappa shape index (κ1) is 16.7. The van der Waals surface area contributed by atoms with Crippen molar-refractivity contribution < 1.29 is 9.47 Å². The predicted octanol–water partition coefficient (Wildman–Crippen LogP) is 2.21. The molecule has 0 aliphatic carbocycles. The Kier molecular flexibility index (Phi) is 4.62. The summed E-state index contributed by atoms with van der Waals surface area (Å²) in [6, 6.07) is 7.93. The zero-order valence-corrected chi connectivity index (χ0v) is 15.1. The third-order valence-corrected chi connectivity index (χ3v) is 4.69. The van der Waals surface area contributed by atoms with Crippen molar-refractivity contribution in [1.29, 1.82) is 0 Å². The molecule has 1 N–H and O–H groups in total. The Morgan fingerprint density at radius 3 is 2.77 bits per heavy atom. The highest BCUT2D eigenvalue weighted by atomic mass is 16.5. The van der Waals surface area contributed by atoms with Crippen molar-refractivity contribution in [2.45, 2.75) is 6.42 Å². The number of nitrogens with zero attached hydrogens (tertiary/aromatic N) is 4. The monoisotopic (exact) mass is 353 g/mol. The van der Waals surface area contributed by atoms with Crippen LogP contribution in [-0.4, -0.2) is 55.0 Å². The number of benzene rings is 1. The number of rotatable bonds is 4. The predicted molar refractivity (Wildman–Crippen MR) is 101 cm³/mol. The van der Waals surface area contributed by atoms with Crippen LogP contribution in [0.15, 0.2) is 36.7 Å². The molecule has 0 amide bonds. The summed E-state index contributed by atoms with van der Waals surface area (Å²) in [4.78, 5) is 6.96. The second kappa shape index (κ2) is 7.21. The topological polar surface area (TPSA) is 63.9 Å². The minimum Gasteiger partial charge on any atom is -0.493 e. The second-order valence-electron chi connectivity index (χ2n) is 6.27. The summed E-state index contributed by atoms with van der Waals surface area (Å²) in [5.74, 6) is 2.38. The maximum Gasteiger partial charge on any atom is 0.161 e. The van der Waals surface area contributed by atoms with Crippen molar-refractivity contribution in [1.82, 2.24) is 19.9 Å². The van der Waals surface area contributed by atoms with Gasteiger partial charge < -0.3 is 19.7 Å². The Bertz CT molecular complexity index is 900. The van der Waals surface area contributed by atoms with Crippen LogP contribution in [0.1, 0.15) is 6.42 Å². The maximum atomic E-state index is 5.42. The summed E-state index contributed by atoms with van der Waals surface area (Å²) >= 11 is 0. The number of fused-ring (bicyclic) bond motifs is 1. The van der Waals surface area contributed by atoms with Crippen molar-refractivity contribution >= 4 is 11.3 Å². The molecule has 0 spiro atoms. The van der Waals surface area contributed by atoms with Crippen LogP contribution < -0.4 is 19.7 Å². The zero-order chi connectivity index (χ0) is 17.9. The Morgan fingerprint density at radius 2 is 1.92 bits per heavy atom. The average molecular weight is 353 g/mol. The molecule has 1 saturated heterocycles. The molecule has 26 heavy (non-hydrogen) atoms. The van der Waals surface area contributed by atoms with Gasteiger partial charge in [0.15, 0.2) is 17.3 Å². The smallest absolute Gasteiger partial charge is 0.161 e. The van der Waals surface area contributed by atoms with Gasteiger partial charge in [-0.1, -0.05) is 0 Å². The Hall–Kier alpha value is -2.80. The van der Waals surface area contributed by atoms with Gasteiger partial charge in [0.2, 0.25) is 0 Å². The van der Waals surface area contributed by atoms with Crippen LogP contribution in [0.25, 0.3) is 16.8 Å². The van der Waals surface area contributed by atoms with E-state index in [1.54, 1.807) is 14.2 Å². The van der Waals surface area contributed by atoms with E-state index in [-0.39, 0.29) is 0 Å². The summed E-state index contributed by atoms with van der Waals surface area (Å²) in [5, 5.41) is 8.16. The molecule has 7 nitrogen and oxygen atoms in total. The van der Waals surface area contributed by atoms with E-state index in [1.807, 2.05) is 35.1 Å². The SMILES string of the molecule is COc1ccc(-c2cc3c(N4CCCNCC4)nccn3n2)cc1OC. The van der Waals surface area contributed by atoms with Crippen LogP contribution in [0.5, 0.6) is 11.5 Å². The normalized spacial score (nSPS) is 15.1. The van der Waals surface area contributed by atoms with Gasteiger partial charge in [0.05, 0.1) is 19.9 Å². The summed E-state index contributed by atoms with van der Waals surface area (Å²) < 4.78 is 12.6. The number of methoxy groups -OCH3 is 2. The molecule has 1 aliphatic heterocycles. The average Bonchev–Trinajstić information content (AvgIpc) is 2.94. The molecule has 1 aliphatic rings. The largest absolute Gasteiger partial charge is 0.493 e. The van der Waals surface area contributed by atoms with Crippen LogP contribution in [-0.2, 0) is 0 Å². The first-order valence-corrected chi connectivity index (χ1v) is 8.82. The van der Waals surface area contributed by atoms with Gasteiger partial charge in [-0.15, -0.1) is 0 Å². The van der Waals surface area contributed by atoms with Crippen LogP contribution in [0.2, 0.25) is 0 Å². The summed E-state index contributed by atoms with van der Waals surface area (Å²) in [7, 11) is 3.27. The lowest BCUT2D eigenvalue weighted by molar-refractivity contribution is 0.355. The highest BCUT2D eigenvalue weighted by Gasteiger charge is 2.17. The van der Waals surface area contributed by atoms with Crippen LogP contribution in [0.4, 0.5) is 5.82 Å². The lowest BCUT2D eigenvalue weighted by atomic mass is 10.1. The van der Waals surface area contributed by atoms with Gasteiger partial charge in [0, 0.05) is 37.6 Å². The molecule has 0 radical (unpaired) electrons. The van der Waals surface area contributed by atoms with Crippen molar-refractivity contribution in [3.63, 3.8) is 0 Å². The summed E-state index contributed by atoms with van der Waals surface area (Å²) in [6.07, 6.45) is 4.81. The molecular formula is C19H23N5O2. The van der Waals surface area contributed by atoms with E-state index in [2.05, 4.69) is 21.3 Å². The van der Waals surface area contributed by atoms with E-state index in [0.29, 0.717) is 11.5 Å². The van der Waals surface area contributed by atoms with Crippen molar-refractivity contribution in [3.05, 3.63) is 36.7 Å². The van der Waals surface area contributed by atoms with Gasteiger partial charge in [-0.25, -0.2) is 9.50 Å². The number of ether oxygens (including phenoxy) is 2. The van der Waals surface area contributed by atoms with Gasteiger partial charge in [-0.2, -0.15) is 5.10 Å². The molecule has 0 bridgehead atoms. The van der Waals surface area contributed by atoms with Crippen LogP contribution >= 0.6 is 0 Å². The molecule has 0 atom stereocenters. The Labute approximate surface area is 152 Å². The van der Waals surface area contributed by atoms with Crippen LogP contribution in [0.3, 0.4) is 0 Å². The maximum absolute atomic E-state index is 5.42. The highest BCUT2D eigenvalue weighted by molar-refractivity contribution is 5.76. The van der Waals surface area contributed by atoms with Crippen molar-refractivity contribution in [3.8, 4) is 22.8 Å². The lowest BCUT2D eigenvalue weighted by Crippen LogP contribution is -2.29. The Balaban J connectivity index is 1.75. The number of hydrogen-bond acceptors (Lipinski definition) is 6. The van der Waals surface area contributed by atoms with Crippen LogP contribution in [0, 0.1) is 0 Å². The van der Waals surface area contributed by atoms with Gasteiger partial charge in [-0.3, -0.25) is 0 Å². The number of aromatic nitrogens is 3. The van der Waals surface area contributed by atoms with E-state index in [4.69, 9.17) is 14.6 Å². The molecule has 4 rings (SSSR count). The first-order valence-electron chi connectivity index (χ1n) is 8.82. The molecule has 2 aromatic heterocycles. The molecule has 3 aromatic rings. The summed E-state index contributed by atoms with van der Waals surface area (Å²) in [6.45, 7) is 3.97. The molecule has 1 aromatic carbocycles. The van der Waals surface area contributed by atoms with E-state index in [9.17, 15) is 0 Å². The highest BCUT2D eigenvalue weighted by Crippen LogP contribution is 2.33. The van der Waals surface area contributed by atoms with Gasteiger partial charge in [-0.05, 0) is 37.2 Å². The van der Waals surface area contributed by atoms with Crippen molar-refractivity contribution in [2.24, 2.45) is 0 Å². The van der Waals surface area contributed by atoms with E-state index >= 15 is 0 Å². The Morgan fingerprint density at radius 1 is 1.04 bits per heavy atom. The number of anilines is 1. The minimum absolute atomic E-state index is 0.694. The lowest BCUT2D eigenvalue weighted by Gasteiger charge is -2.21. The quantitative estimate of drug-likeness (QED) is 0.776. The fourth-order valence-corrected chi connectivity index (χ4v) is 3.35. The molecule has 3 heterocycles. The fraction of sp³-hybridized carbons (Fsp3) is 0.368. The third kappa shape index (κ3) is 3.06. The zero-order valence-electron chi connectivity index (χ0n) is 15.1. The standard InChI is InChI=1S/C19H23N5O2/c1-25-17-5-4-14(12-18(17)26-2)15-13-16-19(21-8-11-24(16)22-15)23-9-3-6-20-7-10-23/h4-5,8,11-13,20H,3,6-7,9-10H2,1-2H3. The van der Waals surface area contributed by atoms with E-state index in [0.717, 1.165) is 55.2 Å². The summed E-state index contributed by atoms with van der Waals surface area (Å²) in [5.41, 5.74) is 2.88. The number of hydrogen-bond donors (Lipinski definition) is 1. The first-order chi connectivity index (χ1) is 12.8. The molecule has 0 saturated carbocycles. The minimum atomic E-state index is 0.694. The van der Waals surface area contributed by atoms with E-state index < -0.39 is 0 Å². The molecule has 0 unspecified atom stereocenters. The van der Waals surface area contributed by atoms with Crippen molar-refractivity contribution in [2.75, 3.05) is 45.3 Å². The van der Waals surface area contributed by atoms with Gasteiger partial charge in [0.25, 0.3) is 0 Å². The molecule has 136 valence electrons.